The smallest absolute Gasteiger partial charge is 0.170 e. The molecule has 90 valence electrons. The number of hydrogen-bond donors (Lipinski definition) is 1. The number of hydrogen-bond acceptors (Lipinski definition) is 2. The summed E-state index contributed by atoms with van der Waals surface area (Å²) >= 11 is 0. The van der Waals surface area contributed by atoms with Crippen molar-refractivity contribution in [3.8, 4) is 5.75 Å². The summed E-state index contributed by atoms with van der Waals surface area (Å²) in [5.74, 6) is -0.0455. The number of benzene rings is 2. The van der Waals surface area contributed by atoms with Crippen molar-refractivity contribution in [1.82, 2.24) is 0 Å². The monoisotopic (exact) mass is 238 g/mol. The maximum atomic E-state index is 11.8. The quantitative estimate of drug-likeness (QED) is 0.825. The zero-order chi connectivity index (χ0) is 12.8. The highest BCUT2D eigenvalue weighted by Gasteiger charge is 2.07. The third-order valence-corrected chi connectivity index (χ3v) is 2.62. The van der Waals surface area contributed by atoms with Crippen molar-refractivity contribution >= 4 is 11.9 Å². The minimum atomic E-state index is -0.0831. The maximum absolute atomic E-state index is 11.8. The van der Waals surface area contributed by atoms with E-state index in [1.54, 1.807) is 18.2 Å². The van der Waals surface area contributed by atoms with Crippen LogP contribution >= 0.6 is 0 Å². The Labute approximate surface area is 106 Å². The summed E-state index contributed by atoms with van der Waals surface area (Å²) in [6.07, 6.45) is 3.99. The van der Waals surface area contributed by atoms with Gasteiger partial charge in [0.05, 0.1) is 5.56 Å². The minimum absolute atomic E-state index is 0.0376. The lowest BCUT2D eigenvalue weighted by Crippen LogP contribution is -1.96. The number of phenols is 1. The van der Waals surface area contributed by atoms with E-state index in [0.717, 1.165) is 5.56 Å². The molecule has 2 nitrogen and oxygen atoms in total. The number of aromatic hydroxyl groups is 1. The van der Waals surface area contributed by atoms with Crippen molar-refractivity contribution in [2.75, 3.05) is 0 Å². The van der Waals surface area contributed by atoms with E-state index in [-0.39, 0.29) is 18.0 Å². The zero-order valence-electron chi connectivity index (χ0n) is 9.91. The van der Waals surface area contributed by atoms with Gasteiger partial charge in [-0.1, -0.05) is 54.6 Å². The fourth-order valence-corrected chi connectivity index (χ4v) is 1.69. The molecule has 0 unspecified atom stereocenters. The van der Waals surface area contributed by atoms with Gasteiger partial charge in [0.2, 0.25) is 0 Å². The van der Waals surface area contributed by atoms with Crippen molar-refractivity contribution < 1.29 is 9.90 Å². The standard InChI is InChI=1S/C16H14O2/c17-15-11-5-4-10-14(15)16(18)12-6-9-13-7-2-1-3-8-13/h1-11,17H,12H2/b9-6+. The van der Waals surface area contributed by atoms with Gasteiger partial charge in [0.15, 0.2) is 5.78 Å². The molecule has 2 aromatic rings. The molecule has 0 fully saturated rings. The van der Waals surface area contributed by atoms with Gasteiger partial charge in [-0.3, -0.25) is 4.79 Å². The van der Waals surface area contributed by atoms with Gasteiger partial charge in [-0.25, -0.2) is 0 Å². The van der Waals surface area contributed by atoms with Gasteiger partial charge in [-0.15, -0.1) is 0 Å². The molecular formula is C16H14O2. The molecule has 2 aromatic carbocycles. The van der Waals surface area contributed by atoms with E-state index < -0.39 is 0 Å². The second kappa shape index (κ2) is 5.82. The van der Waals surface area contributed by atoms with Crippen molar-refractivity contribution in [2.45, 2.75) is 6.42 Å². The molecule has 0 radical (unpaired) electrons. The number of carbonyl (C=O) groups is 1. The molecule has 2 heteroatoms. The van der Waals surface area contributed by atoms with Crippen LogP contribution in [0.5, 0.6) is 5.75 Å². The first-order valence-electron chi connectivity index (χ1n) is 5.80. The van der Waals surface area contributed by atoms with Crippen LogP contribution in [0.25, 0.3) is 6.08 Å². The predicted octanol–water partition coefficient (Wildman–Crippen LogP) is 3.68. The van der Waals surface area contributed by atoms with E-state index >= 15 is 0 Å². The average Bonchev–Trinajstić information content (AvgIpc) is 2.40. The molecule has 1 N–H and O–H groups in total. The van der Waals surface area contributed by atoms with Crippen molar-refractivity contribution in [3.63, 3.8) is 0 Å². The highest BCUT2D eigenvalue weighted by Crippen LogP contribution is 2.17. The fraction of sp³-hybridized carbons (Fsp3) is 0.0625. The van der Waals surface area contributed by atoms with Crippen molar-refractivity contribution in [2.24, 2.45) is 0 Å². The van der Waals surface area contributed by atoms with Crippen LogP contribution in [0.3, 0.4) is 0 Å². The summed E-state index contributed by atoms with van der Waals surface area (Å²) in [7, 11) is 0. The molecule has 0 aliphatic heterocycles. The maximum Gasteiger partial charge on any atom is 0.170 e. The van der Waals surface area contributed by atoms with Gasteiger partial charge in [0.25, 0.3) is 0 Å². The van der Waals surface area contributed by atoms with E-state index in [1.807, 2.05) is 42.5 Å². The number of carbonyl (C=O) groups excluding carboxylic acids is 1. The van der Waals surface area contributed by atoms with E-state index in [9.17, 15) is 9.90 Å². The lowest BCUT2D eigenvalue weighted by atomic mass is 10.1. The van der Waals surface area contributed by atoms with Crippen LogP contribution in [-0.2, 0) is 0 Å². The number of phenolic OH excluding ortho intramolecular Hbond substituents is 1. The number of ketones is 1. The Kier molecular flexibility index (Phi) is 3.92. The number of rotatable bonds is 4. The summed E-state index contributed by atoms with van der Waals surface area (Å²) in [5.41, 5.74) is 1.43. The molecule has 0 aliphatic carbocycles. The fourth-order valence-electron chi connectivity index (χ4n) is 1.69. The summed E-state index contributed by atoms with van der Waals surface area (Å²) in [6.45, 7) is 0. The normalized spacial score (nSPS) is 10.7. The Morgan fingerprint density at radius 2 is 1.67 bits per heavy atom. The van der Waals surface area contributed by atoms with Crippen molar-refractivity contribution in [3.05, 3.63) is 71.8 Å². The first kappa shape index (κ1) is 12.1. The lowest BCUT2D eigenvalue weighted by Gasteiger charge is -2.00. The summed E-state index contributed by atoms with van der Waals surface area (Å²) in [6, 6.07) is 16.4. The van der Waals surface area contributed by atoms with Gasteiger partial charge >= 0.3 is 0 Å². The molecule has 0 amide bonds. The Balaban J connectivity index is 2.01. The van der Waals surface area contributed by atoms with Gasteiger partial charge in [0, 0.05) is 6.42 Å². The Morgan fingerprint density at radius 3 is 2.39 bits per heavy atom. The van der Waals surface area contributed by atoms with Gasteiger partial charge in [0.1, 0.15) is 5.75 Å². The van der Waals surface area contributed by atoms with Crippen LogP contribution < -0.4 is 0 Å². The summed E-state index contributed by atoms with van der Waals surface area (Å²) in [4.78, 5) is 11.8. The van der Waals surface area contributed by atoms with Gasteiger partial charge in [-0.05, 0) is 17.7 Å². The Morgan fingerprint density at radius 1 is 1.00 bits per heavy atom. The van der Waals surface area contributed by atoms with E-state index in [2.05, 4.69) is 0 Å². The number of allylic oxidation sites excluding steroid dienone is 1. The molecule has 0 saturated heterocycles. The molecule has 0 saturated carbocycles. The van der Waals surface area contributed by atoms with Crippen molar-refractivity contribution in [1.29, 1.82) is 0 Å². The second-order valence-corrected chi connectivity index (χ2v) is 3.96. The zero-order valence-corrected chi connectivity index (χ0v) is 9.91. The highest BCUT2D eigenvalue weighted by atomic mass is 16.3. The molecule has 0 spiro atoms. The first-order valence-corrected chi connectivity index (χ1v) is 5.80. The molecule has 0 aliphatic rings. The molecular weight excluding hydrogens is 224 g/mol. The molecule has 0 atom stereocenters. The third-order valence-electron chi connectivity index (χ3n) is 2.62. The second-order valence-electron chi connectivity index (χ2n) is 3.96. The molecule has 18 heavy (non-hydrogen) atoms. The Hall–Kier alpha value is -2.35. The molecule has 2 rings (SSSR count). The van der Waals surface area contributed by atoms with Crippen LogP contribution in [0.4, 0.5) is 0 Å². The van der Waals surface area contributed by atoms with Gasteiger partial charge in [-0.2, -0.15) is 0 Å². The van der Waals surface area contributed by atoms with Crippen LogP contribution in [0, 0.1) is 0 Å². The lowest BCUT2D eigenvalue weighted by molar-refractivity contribution is 0.0993. The Bertz CT molecular complexity index is 556. The summed E-state index contributed by atoms with van der Waals surface area (Å²) < 4.78 is 0. The SMILES string of the molecule is O=C(C/C=C/c1ccccc1)c1ccccc1O. The van der Waals surface area contributed by atoms with Crippen LogP contribution in [0.2, 0.25) is 0 Å². The van der Waals surface area contributed by atoms with Crippen LogP contribution in [-0.4, -0.2) is 10.9 Å². The van der Waals surface area contributed by atoms with E-state index in [4.69, 9.17) is 0 Å². The van der Waals surface area contributed by atoms with Crippen LogP contribution in [0.1, 0.15) is 22.3 Å². The molecule has 0 aromatic heterocycles. The topological polar surface area (TPSA) is 37.3 Å². The first-order chi connectivity index (χ1) is 8.77. The third kappa shape index (κ3) is 3.08. The molecule has 0 heterocycles. The largest absolute Gasteiger partial charge is 0.507 e. The van der Waals surface area contributed by atoms with Crippen LogP contribution in [0.15, 0.2) is 60.7 Å². The minimum Gasteiger partial charge on any atom is -0.507 e. The summed E-state index contributed by atoms with van der Waals surface area (Å²) in [5, 5.41) is 9.55. The van der Waals surface area contributed by atoms with Gasteiger partial charge < -0.3 is 5.11 Å². The van der Waals surface area contributed by atoms with E-state index in [0.29, 0.717) is 5.56 Å². The predicted molar refractivity (Wildman–Crippen MR) is 72.5 cm³/mol. The van der Waals surface area contributed by atoms with E-state index in [1.165, 1.54) is 6.07 Å². The molecule has 0 bridgehead atoms. The average molecular weight is 238 g/mol. The number of para-hydroxylation sites is 1. The highest BCUT2D eigenvalue weighted by molar-refractivity contribution is 5.99. The number of Topliss-reactive ketones (excluding diaryl/α,β-unsaturated/α-hetero) is 1.